The third-order valence-corrected chi connectivity index (χ3v) is 6.28. The fraction of sp³-hybridized carbons (Fsp3) is 0.519. The Morgan fingerprint density at radius 3 is 2.47 bits per heavy atom. The molecule has 0 spiro atoms. The molecule has 34 heavy (non-hydrogen) atoms. The van der Waals surface area contributed by atoms with Crippen LogP contribution in [0.5, 0.6) is 0 Å². The lowest BCUT2D eigenvalue weighted by Gasteiger charge is -2.19. The summed E-state index contributed by atoms with van der Waals surface area (Å²) in [4.78, 5) is 37.0. The molecule has 1 fully saturated rings. The third-order valence-electron chi connectivity index (χ3n) is 6.28. The number of aryl methyl sites for hydroxylation is 1. The van der Waals surface area contributed by atoms with Crippen molar-refractivity contribution in [3.8, 4) is 0 Å². The Labute approximate surface area is 201 Å². The number of carbonyl (C=O) groups excluding carboxylic acids is 3. The van der Waals surface area contributed by atoms with Crippen LogP contribution < -0.4 is 5.32 Å². The molecule has 0 saturated carbocycles. The van der Waals surface area contributed by atoms with E-state index in [0.717, 1.165) is 42.9 Å². The van der Waals surface area contributed by atoms with E-state index in [4.69, 9.17) is 9.47 Å². The van der Waals surface area contributed by atoms with Gasteiger partial charge >= 0.3 is 5.97 Å². The van der Waals surface area contributed by atoms with E-state index < -0.39 is 5.97 Å². The van der Waals surface area contributed by atoms with Crippen molar-refractivity contribution < 1.29 is 23.9 Å². The van der Waals surface area contributed by atoms with Crippen molar-refractivity contribution in [1.82, 2.24) is 9.88 Å². The van der Waals surface area contributed by atoms with Gasteiger partial charge in [-0.3, -0.25) is 14.4 Å². The van der Waals surface area contributed by atoms with Crippen LogP contribution in [0, 0.1) is 13.8 Å². The molecule has 3 rings (SSSR count). The van der Waals surface area contributed by atoms with E-state index in [2.05, 4.69) is 30.7 Å². The lowest BCUT2D eigenvalue weighted by atomic mass is 9.87. The summed E-state index contributed by atoms with van der Waals surface area (Å²) >= 11 is 0. The zero-order chi connectivity index (χ0) is 24.9. The van der Waals surface area contributed by atoms with E-state index in [1.807, 2.05) is 32.0 Å². The number of ether oxygens (including phenoxy) is 2. The van der Waals surface area contributed by atoms with E-state index in [1.54, 1.807) is 12.1 Å². The molecule has 7 nitrogen and oxygen atoms in total. The molecule has 2 aromatic rings. The lowest BCUT2D eigenvalue weighted by Crippen LogP contribution is -2.27. The quantitative estimate of drug-likeness (QED) is 0.442. The largest absolute Gasteiger partial charge is 0.457 e. The van der Waals surface area contributed by atoms with Gasteiger partial charge in [-0.05, 0) is 55.9 Å². The molecule has 1 atom stereocenters. The Hall–Kier alpha value is -2.93. The molecule has 0 aliphatic carbocycles. The second-order valence-electron chi connectivity index (χ2n) is 9.95. The third kappa shape index (κ3) is 6.56. The number of rotatable bonds is 9. The van der Waals surface area contributed by atoms with Gasteiger partial charge in [0, 0.05) is 42.2 Å². The van der Waals surface area contributed by atoms with Crippen molar-refractivity contribution in [2.24, 2.45) is 0 Å². The van der Waals surface area contributed by atoms with Gasteiger partial charge in [0.25, 0.3) is 5.91 Å². The first-order valence-electron chi connectivity index (χ1n) is 11.9. The molecule has 1 aliphatic rings. The number of nitrogens with one attached hydrogen (secondary N) is 1. The number of carbonyl (C=O) groups is 3. The number of hydrogen-bond acceptors (Lipinski definition) is 5. The van der Waals surface area contributed by atoms with Crippen LogP contribution >= 0.6 is 0 Å². The summed E-state index contributed by atoms with van der Waals surface area (Å²) in [7, 11) is 0. The highest BCUT2D eigenvalue weighted by molar-refractivity contribution is 5.99. The van der Waals surface area contributed by atoms with Gasteiger partial charge < -0.3 is 19.4 Å². The number of aromatic nitrogens is 1. The minimum atomic E-state index is -0.523. The van der Waals surface area contributed by atoms with Gasteiger partial charge in [-0.15, -0.1) is 0 Å². The fourth-order valence-electron chi connectivity index (χ4n) is 4.15. The van der Waals surface area contributed by atoms with E-state index in [9.17, 15) is 14.4 Å². The number of esters is 1. The van der Waals surface area contributed by atoms with Crippen LogP contribution in [0.4, 0.5) is 0 Å². The highest BCUT2D eigenvalue weighted by Gasteiger charge is 2.22. The van der Waals surface area contributed by atoms with Crippen molar-refractivity contribution in [3.63, 3.8) is 0 Å². The van der Waals surface area contributed by atoms with Gasteiger partial charge in [0.15, 0.2) is 6.61 Å². The normalized spacial score (nSPS) is 15.9. The van der Waals surface area contributed by atoms with Crippen LogP contribution in [0.3, 0.4) is 0 Å². The van der Waals surface area contributed by atoms with Crippen LogP contribution in [-0.2, 0) is 26.2 Å². The SMILES string of the molecule is Cc1cc(C(=O)COC(=O)CCNC(=O)c2ccc(C(C)(C)C)cc2)c(C)n1CC1CCCO1. The molecule has 1 N–H and O–H groups in total. The van der Waals surface area contributed by atoms with Crippen molar-refractivity contribution in [1.29, 1.82) is 0 Å². The first-order chi connectivity index (χ1) is 16.1. The standard InChI is InChI=1S/C27H36N2O5/c1-18-15-23(19(2)29(18)16-22-7-6-14-33-22)24(30)17-34-25(31)12-13-28-26(32)20-8-10-21(11-9-20)27(3,4)5/h8-11,15,22H,6-7,12-14,16-17H2,1-5H3,(H,28,32). The maximum Gasteiger partial charge on any atom is 0.308 e. The van der Waals surface area contributed by atoms with E-state index in [0.29, 0.717) is 11.1 Å². The molecule has 0 bridgehead atoms. The second-order valence-corrected chi connectivity index (χ2v) is 9.95. The molecule has 1 aliphatic heterocycles. The number of nitrogens with zero attached hydrogens (tertiary/aromatic N) is 1. The van der Waals surface area contributed by atoms with Gasteiger partial charge in [0.2, 0.25) is 5.78 Å². The fourth-order valence-corrected chi connectivity index (χ4v) is 4.15. The maximum absolute atomic E-state index is 12.6. The van der Waals surface area contributed by atoms with Crippen molar-refractivity contribution >= 4 is 17.7 Å². The number of amides is 1. The Morgan fingerprint density at radius 1 is 1.15 bits per heavy atom. The molecule has 0 radical (unpaired) electrons. The van der Waals surface area contributed by atoms with Crippen LogP contribution in [0.25, 0.3) is 0 Å². The van der Waals surface area contributed by atoms with Crippen LogP contribution in [0.15, 0.2) is 30.3 Å². The summed E-state index contributed by atoms with van der Waals surface area (Å²) in [5.41, 5.74) is 4.11. The predicted molar refractivity (Wildman–Crippen MR) is 130 cm³/mol. The molecule has 1 aromatic carbocycles. The number of benzene rings is 1. The lowest BCUT2D eigenvalue weighted by molar-refractivity contribution is -0.142. The van der Waals surface area contributed by atoms with Gasteiger partial charge in [0.05, 0.1) is 12.5 Å². The molecular weight excluding hydrogens is 432 g/mol. The molecule has 2 heterocycles. The monoisotopic (exact) mass is 468 g/mol. The topological polar surface area (TPSA) is 86.6 Å². The zero-order valence-electron chi connectivity index (χ0n) is 20.9. The Bertz CT molecular complexity index is 1020. The van der Waals surface area contributed by atoms with Gasteiger partial charge in [0.1, 0.15) is 0 Å². The summed E-state index contributed by atoms with van der Waals surface area (Å²) in [5, 5.41) is 2.72. The minimum absolute atomic E-state index is 0.00284. The first kappa shape index (κ1) is 25.7. The average Bonchev–Trinajstić information content (AvgIpc) is 3.40. The number of hydrogen-bond donors (Lipinski definition) is 1. The molecule has 1 saturated heterocycles. The molecule has 1 amide bonds. The molecule has 184 valence electrons. The van der Waals surface area contributed by atoms with E-state index >= 15 is 0 Å². The molecule has 1 aromatic heterocycles. The van der Waals surface area contributed by atoms with Crippen LogP contribution in [-0.4, -0.2) is 48.1 Å². The first-order valence-corrected chi connectivity index (χ1v) is 11.9. The van der Waals surface area contributed by atoms with Crippen molar-refractivity contribution in [3.05, 3.63) is 58.4 Å². The van der Waals surface area contributed by atoms with Gasteiger partial charge in [-0.1, -0.05) is 32.9 Å². The summed E-state index contributed by atoms with van der Waals surface area (Å²) in [6.45, 7) is 11.5. The average molecular weight is 469 g/mol. The summed E-state index contributed by atoms with van der Waals surface area (Å²) in [5.74, 6) is -1.00. The smallest absolute Gasteiger partial charge is 0.308 e. The Morgan fingerprint density at radius 2 is 1.85 bits per heavy atom. The minimum Gasteiger partial charge on any atom is -0.457 e. The van der Waals surface area contributed by atoms with Gasteiger partial charge in [-0.2, -0.15) is 0 Å². The highest BCUT2D eigenvalue weighted by atomic mass is 16.5. The number of Topliss-reactive ketones (excluding diaryl/α,β-unsaturated/α-hetero) is 1. The Kier molecular flexibility index (Phi) is 8.31. The van der Waals surface area contributed by atoms with Gasteiger partial charge in [-0.25, -0.2) is 0 Å². The zero-order valence-corrected chi connectivity index (χ0v) is 20.9. The number of ketones is 1. The van der Waals surface area contributed by atoms with Crippen molar-refractivity contribution in [2.45, 2.75) is 71.9 Å². The summed E-state index contributed by atoms with van der Waals surface area (Å²) < 4.78 is 13.0. The summed E-state index contributed by atoms with van der Waals surface area (Å²) in [6, 6.07) is 9.27. The summed E-state index contributed by atoms with van der Waals surface area (Å²) in [6.07, 6.45) is 2.26. The van der Waals surface area contributed by atoms with Crippen LogP contribution in [0.2, 0.25) is 0 Å². The predicted octanol–water partition coefficient (Wildman–Crippen LogP) is 4.13. The second kappa shape index (κ2) is 11.0. The van der Waals surface area contributed by atoms with Crippen molar-refractivity contribution in [2.75, 3.05) is 19.8 Å². The molecular formula is C27H36N2O5. The molecule has 7 heteroatoms. The maximum atomic E-state index is 12.6. The van der Waals surface area contributed by atoms with E-state index in [1.165, 1.54) is 0 Å². The molecule has 1 unspecified atom stereocenters. The highest BCUT2D eigenvalue weighted by Crippen LogP contribution is 2.22. The van der Waals surface area contributed by atoms with E-state index in [-0.39, 0.29) is 42.8 Å². The Balaban J connectivity index is 1.43. The van der Waals surface area contributed by atoms with Crippen LogP contribution in [0.1, 0.15) is 77.7 Å².